The zero-order valence-electron chi connectivity index (χ0n) is 17.4. The molecular formula is C17H32N6O3S2. The van der Waals surface area contributed by atoms with E-state index in [-0.39, 0.29) is 18.5 Å². The van der Waals surface area contributed by atoms with Gasteiger partial charge in [-0.3, -0.25) is 4.99 Å². The SMILES string of the molecule is CN=C(NCc1csc(N(C)C)n1)N1CCN(S(=O)(=O)CCOC(C)C)CC1. The molecule has 1 aliphatic rings. The zero-order chi connectivity index (χ0) is 20.7. The van der Waals surface area contributed by atoms with Gasteiger partial charge in [-0.1, -0.05) is 0 Å². The van der Waals surface area contributed by atoms with Crippen molar-refractivity contribution in [3.05, 3.63) is 11.1 Å². The number of nitrogens with one attached hydrogen (secondary N) is 1. The van der Waals surface area contributed by atoms with E-state index in [0.29, 0.717) is 32.7 Å². The highest BCUT2D eigenvalue weighted by atomic mass is 32.2. The number of hydrogen-bond acceptors (Lipinski definition) is 7. The van der Waals surface area contributed by atoms with Gasteiger partial charge in [0.2, 0.25) is 10.0 Å². The summed E-state index contributed by atoms with van der Waals surface area (Å²) >= 11 is 1.60. The average Bonchev–Trinajstić information content (AvgIpc) is 3.11. The fraction of sp³-hybridized carbons (Fsp3) is 0.765. The maximum Gasteiger partial charge on any atom is 0.216 e. The lowest BCUT2D eigenvalue weighted by molar-refractivity contribution is 0.0904. The van der Waals surface area contributed by atoms with E-state index in [1.165, 1.54) is 0 Å². The van der Waals surface area contributed by atoms with Gasteiger partial charge in [0.05, 0.1) is 30.7 Å². The summed E-state index contributed by atoms with van der Waals surface area (Å²) in [5.74, 6) is 0.788. The number of aromatic nitrogens is 1. The normalized spacial score (nSPS) is 16.6. The number of piperazine rings is 1. The van der Waals surface area contributed by atoms with Crippen LogP contribution >= 0.6 is 11.3 Å². The number of hydrogen-bond donors (Lipinski definition) is 1. The van der Waals surface area contributed by atoms with Gasteiger partial charge in [-0.05, 0) is 13.8 Å². The Morgan fingerprint density at radius 2 is 2.04 bits per heavy atom. The van der Waals surface area contributed by atoms with Crippen LogP contribution in [0.1, 0.15) is 19.5 Å². The monoisotopic (exact) mass is 432 g/mol. The molecule has 160 valence electrons. The van der Waals surface area contributed by atoms with Crippen LogP contribution in [0, 0.1) is 0 Å². The third-order valence-electron chi connectivity index (χ3n) is 4.29. The molecule has 0 amide bonds. The van der Waals surface area contributed by atoms with Gasteiger partial charge in [0.1, 0.15) is 0 Å². The van der Waals surface area contributed by atoms with Crippen molar-refractivity contribution in [3.8, 4) is 0 Å². The van der Waals surface area contributed by atoms with E-state index in [0.717, 1.165) is 16.8 Å². The molecule has 1 N–H and O–H groups in total. The maximum atomic E-state index is 12.5. The van der Waals surface area contributed by atoms with Gasteiger partial charge >= 0.3 is 0 Å². The molecule has 9 nitrogen and oxygen atoms in total. The molecule has 2 rings (SSSR count). The lowest BCUT2D eigenvalue weighted by Gasteiger charge is -2.35. The number of nitrogens with zero attached hydrogens (tertiary/aromatic N) is 5. The molecule has 0 atom stereocenters. The van der Waals surface area contributed by atoms with Gasteiger partial charge in [0.15, 0.2) is 11.1 Å². The molecule has 0 unspecified atom stereocenters. The minimum absolute atomic E-state index is 0.0240. The highest BCUT2D eigenvalue weighted by Crippen LogP contribution is 2.17. The average molecular weight is 433 g/mol. The molecule has 0 radical (unpaired) electrons. The number of guanidine groups is 1. The van der Waals surface area contributed by atoms with Crippen LogP contribution in [0.4, 0.5) is 5.13 Å². The molecule has 2 heterocycles. The number of ether oxygens (including phenoxy) is 1. The molecule has 0 aromatic carbocycles. The van der Waals surface area contributed by atoms with Gasteiger partial charge in [-0.2, -0.15) is 4.31 Å². The smallest absolute Gasteiger partial charge is 0.216 e. The standard InChI is InChI=1S/C17H32N6O3S2/c1-14(2)26-10-11-28(24,25)23-8-6-22(7-9-23)16(18-3)19-12-15-13-27-17(20-15)21(4)5/h13-14H,6-12H2,1-5H3,(H,18,19). The summed E-state index contributed by atoms with van der Waals surface area (Å²) in [7, 11) is 2.39. The van der Waals surface area contributed by atoms with Crippen LogP contribution in [-0.4, -0.2) is 94.4 Å². The van der Waals surface area contributed by atoms with Gasteiger partial charge in [0.25, 0.3) is 0 Å². The highest BCUT2D eigenvalue weighted by Gasteiger charge is 2.28. The molecule has 0 spiro atoms. The van der Waals surface area contributed by atoms with E-state index in [9.17, 15) is 8.42 Å². The molecule has 1 aromatic heterocycles. The third-order valence-corrected chi connectivity index (χ3v) is 7.18. The largest absolute Gasteiger partial charge is 0.378 e. The van der Waals surface area contributed by atoms with Gasteiger partial charge in [0, 0.05) is 52.7 Å². The van der Waals surface area contributed by atoms with E-state index in [1.54, 1.807) is 22.7 Å². The minimum atomic E-state index is -3.29. The topological polar surface area (TPSA) is 90.4 Å². The van der Waals surface area contributed by atoms with Crippen molar-refractivity contribution < 1.29 is 13.2 Å². The fourth-order valence-corrected chi connectivity index (χ4v) is 4.82. The molecule has 0 bridgehead atoms. The van der Waals surface area contributed by atoms with Gasteiger partial charge < -0.3 is 19.9 Å². The summed E-state index contributed by atoms with van der Waals surface area (Å²) < 4.78 is 31.8. The summed E-state index contributed by atoms with van der Waals surface area (Å²) in [6, 6.07) is 0. The van der Waals surface area contributed by atoms with Crippen LogP contribution in [-0.2, 0) is 21.3 Å². The van der Waals surface area contributed by atoms with Crippen molar-refractivity contribution in [2.75, 3.05) is 64.6 Å². The molecular weight excluding hydrogens is 400 g/mol. The summed E-state index contributed by atoms with van der Waals surface area (Å²) in [5, 5.41) is 6.31. The molecule has 11 heteroatoms. The molecule has 1 aromatic rings. The number of rotatable bonds is 8. The summed E-state index contributed by atoms with van der Waals surface area (Å²) in [4.78, 5) is 12.9. The van der Waals surface area contributed by atoms with Crippen LogP contribution in [0.25, 0.3) is 0 Å². The minimum Gasteiger partial charge on any atom is -0.378 e. The predicted molar refractivity (Wildman–Crippen MR) is 115 cm³/mol. The van der Waals surface area contributed by atoms with Crippen LogP contribution in [0.3, 0.4) is 0 Å². The molecule has 1 saturated heterocycles. The second kappa shape index (κ2) is 10.4. The first-order chi connectivity index (χ1) is 13.2. The van der Waals surface area contributed by atoms with E-state index in [2.05, 4.69) is 20.2 Å². The molecule has 0 aliphatic carbocycles. The Morgan fingerprint density at radius 1 is 1.36 bits per heavy atom. The second-order valence-electron chi connectivity index (χ2n) is 7.04. The first kappa shape index (κ1) is 22.9. The Morgan fingerprint density at radius 3 is 2.57 bits per heavy atom. The van der Waals surface area contributed by atoms with Crippen LogP contribution < -0.4 is 10.2 Å². The van der Waals surface area contributed by atoms with Crippen molar-refractivity contribution in [2.45, 2.75) is 26.5 Å². The van der Waals surface area contributed by atoms with E-state index >= 15 is 0 Å². The molecule has 0 saturated carbocycles. The first-order valence-electron chi connectivity index (χ1n) is 9.39. The fourth-order valence-electron chi connectivity index (χ4n) is 2.78. The van der Waals surface area contributed by atoms with Crippen molar-refractivity contribution in [3.63, 3.8) is 0 Å². The second-order valence-corrected chi connectivity index (χ2v) is 9.96. The highest BCUT2D eigenvalue weighted by molar-refractivity contribution is 7.89. The first-order valence-corrected chi connectivity index (χ1v) is 11.9. The molecule has 28 heavy (non-hydrogen) atoms. The number of thiazole rings is 1. The molecule has 1 fully saturated rings. The van der Waals surface area contributed by atoms with Crippen molar-refractivity contribution in [1.82, 2.24) is 19.5 Å². The lowest BCUT2D eigenvalue weighted by atomic mass is 10.4. The lowest BCUT2D eigenvalue weighted by Crippen LogP contribution is -2.54. The van der Waals surface area contributed by atoms with Crippen molar-refractivity contribution in [2.24, 2.45) is 4.99 Å². The Hall–Kier alpha value is -1.43. The quantitative estimate of drug-likeness (QED) is 0.477. The van der Waals surface area contributed by atoms with Crippen molar-refractivity contribution >= 4 is 32.5 Å². The summed E-state index contributed by atoms with van der Waals surface area (Å²) in [6.45, 7) is 6.72. The number of aliphatic imine (C=N–C) groups is 1. The Labute approximate surface area is 172 Å². The molecule has 1 aliphatic heterocycles. The Kier molecular flexibility index (Phi) is 8.47. The van der Waals surface area contributed by atoms with Crippen LogP contribution in [0.15, 0.2) is 10.4 Å². The van der Waals surface area contributed by atoms with E-state index < -0.39 is 10.0 Å². The Bertz CT molecular complexity index is 740. The van der Waals surface area contributed by atoms with Gasteiger partial charge in [-0.15, -0.1) is 11.3 Å². The third kappa shape index (κ3) is 6.57. The maximum absolute atomic E-state index is 12.5. The van der Waals surface area contributed by atoms with E-state index in [1.807, 2.05) is 38.2 Å². The van der Waals surface area contributed by atoms with E-state index in [4.69, 9.17) is 4.74 Å². The summed E-state index contributed by atoms with van der Waals surface area (Å²) in [5.41, 5.74) is 0.959. The van der Waals surface area contributed by atoms with Crippen LogP contribution in [0.2, 0.25) is 0 Å². The van der Waals surface area contributed by atoms with Crippen LogP contribution in [0.5, 0.6) is 0 Å². The zero-order valence-corrected chi connectivity index (χ0v) is 19.0. The predicted octanol–water partition coefficient (Wildman–Crippen LogP) is 0.657. The van der Waals surface area contributed by atoms with Crippen molar-refractivity contribution in [1.29, 1.82) is 0 Å². The van der Waals surface area contributed by atoms with Gasteiger partial charge in [-0.25, -0.2) is 13.4 Å². The Balaban J connectivity index is 1.83. The number of sulfonamides is 1. The summed E-state index contributed by atoms with van der Waals surface area (Å²) in [6.07, 6.45) is 0.0352. The number of anilines is 1.